The van der Waals surface area contributed by atoms with Gasteiger partial charge in [-0.3, -0.25) is 9.20 Å². The average molecular weight is 502 g/mol. The number of hydrogen-bond acceptors (Lipinski definition) is 6. The first-order chi connectivity index (χ1) is 17.4. The van der Waals surface area contributed by atoms with Gasteiger partial charge < -0.3 is 24.6 Å². The summed E-state index contributed by atoms with van der Waals surface area (Å²) in [7, 11) is 1.38. The Morgan fingerprint density at radius 2 is 1.97 bits per heavy atom. The first kappa shape index (κ1) is 24.3. The van der Waals surface area contributed by atoms with Crippen LogP contribution in [0, 0.1) is 5.92 Å². The Labute approximate surface area is 207 Å². The number of methoxy groups -OCH3 is 1. The van der Waals surface area contributed by atoms with Crippen LogP contribution in [0.3, 0.4) is 0 Å². The summed E-state index contributed by atoms with van der Waals surface area (Å²) in [4.78, 5) is 17.2. The van der Waals surface area contributed by atoms with Crippen LogP contribution in [-0.2, 0) is 0 Å². The van der Waals surface area contributed by atoms with E-state index < -0.39 is 12.5 Å². The average Bonchev–Trinajstić information content (AvgIpc) is 3.57. The first-order valence-electron chi connectivity index (χ1n) is 12.2. The van der Waals surface area contributed by atoms with E-state index in [9.17, 15) is 18.7 Å². The van der Waals surface area contributed by atoms with Crippen molar-refractivity contribution in [3.63, 3.8) is 0 Å². The van der Waals surface area contributed by atoms with Gasteiger partial charge >= 0.3 is 6.61 Å². The van der Waals surface area contributed by atoms with Crippen molar-refractivity contribution < 1.29 is 32.9 Å². The molecule has 0 radical (unpaired) electrons. The van der Waals surface area contributed by atoms with Crippen molar-refractivity contribution in [1.29, 1.82) is 0 Å². The number of rotatable bonds is 9. The molecule has 2 saturated carbocycles. The Bertz CT molecular complexity index is 1240. The summed E-state index contributed by atoms with van der Waals surface area (Å²) in [5, 5.41) is 13.0. The number of aromatic nitrogens is 2. The number of ether oxygens (including phenoxy) is 3. The van der Waals surface area contributed by atoms with Crippen LogP contribution in [-0.4, -0.2) is 52.9 Å². The van der Waals surface area contributed by atoms with Gasteiger partial charge in [0.2, 0.25) is 0 Å². The molecule has 36 heavy (non-hydrogen) atoms. The summed E-state index contributed by atoms with van der Waals surface area (Å²) < 4.78 is 44.3. The van der Waals surface area contributed by atoms with Gasteiger partial charge in [0.05, 0.1) is 31.7 Å². The minimum atomic E-state index is -3.11. The SMILES string of the molecule is COc1cc(-c2cnc3cc(OC[C@H]4CCCC[C@@H]4O)ccn23)cc(OC(F)F)c1C(=O)NC1CC1. The van der Waals surface area contributed by atoms with Gasteiger partial charge in [0.1, 0.15) is 28.5 Å². The predicted octanol–water partition coefficient (Wildman–Crippen LogP) is 4.43. The Kier molecular flexibility index (Phi) is 6.95. The number of nitrogens with zero attached hydrogens (tertiary/aromatic N) is 2. The molecule has 2 aliphatic carbocycles. The summed E-state index contributed by atoms with van der Waals surface area (Å²) in [6, 6.07) is 6.62. The van der Waals surface area contributed by atoms with Crippen molar-refractivity contribution in [1.82, 2.24) is 14.7 Å². The van der Waals surface area contributed by atoms with E-state index in [1.54, 1.807) is 35.0 Å². The lowest BCUT2D eigenvalue weighted by molar-refractivity contribution is -0.0502. The number of aliphatic hydroxyl groups is 1. The van der Waals surface area contributed by atoms with E-state index in [0.717, 1.165) is 38.5 Å². The molecule has 0 unspecified atom stereocenters. The Hall–Kier alpha value is -3.40. The summed E-state index contributed by atoms with van der Waals surface area (Å²) in [5.74, 6) is 0.0886. The van der Waals surface area contributed by atoms with E-state index in [1.807, 2.05) is 0 Å². The molecule has 0 spiro atoms. The molecule has 5 rings (SSSR count). The smallest absolute Gasteiger partial charge is 0.387 e. The summed E-state index contributed by atoms with van der Waals surface area (Å²) in [5.41, 5.74) is 1.63. The lowest BCUT2D eigenvalue weighted by Gasteiger charge is -2.27. The fourth-order valence-corrected chi connectivity index (χ4v) is 4.65. The molecule has 2 atom stereocenters. The van der Waals surface area contributed by atoms with E-state index in [1.165, 1.54) is 13.2 Å². The summed E-state index contributed by atoms with van der Waals surface area (Å²) in [6.45, 7) is -2.68. The lowest BCUT2D eigenvalue weighted by Crippen LogP contribution is -2.29. The number of imidazole rings is 1. The summed E-state index contributed by atoms with van der Waals surface area (Å²) >= 11 is 0. The number of carbonyl (C=O) groups is 1. The van der Waals surface area contributed by atoms with Crippen molar-refractivity contribution in [2.75, 3.05) is 13.7 Å². The highest BCUT2D eigenvalue weighted by atomic mass is 19.3. The van der Waals surface area contributed by atoms with E-state index >= 15 is 0 Å². The number of pyridine rings is 1. The van der Waals surface area contributed by atoms with Crippen LogP contribution in [0.4, 0.5) is 8.78 Å². The molecular weight excluding hydrogens is 472 g/mol. The van der Waals surface area contributed by atoms with Crippen LogP contribution in [0.5, 0.6) is 17.2 Å². The topological polar surface area (TPSA) is 94.3 Å². The van der Waals surface area contributed by atoms with Gasteiger partial charge in [-0.1, -0.05) is 12.8 Å². The Morgan fingerprint density at radius 1 is 1.19 bits per heavy atom. The fraction of sp³-hybridized carbons (Fsp3) is 0.462. The highest BCUT2D eigenvalue weighted by molar-refractivity contribution is 6.01. The number of benzene rings is 1. The van der Waals surface area contributed by atoms with Crippen molar-refractivity contribution in [2.24, 2.45) is 5.92 Å². The molecule has 1 amide bonds. The maximum Gasteiger partial charge on any atom is 0.387 e. The van der Waals surface area contributed by atoms with Crippen LogP contribution in [0.1, 0.15) is 48.9 Å². The highest BCUT2D eigenvalue weighted by Gasteiger charge is 2.29. The molecule has 10 heteroatoms. The van der Waals surface area contributed by atoms with Crippen molar-refractivity contribution in [3.05, 3.63) is 42.2 Å². The molecule has 0 aliphatic heterocycles. The highest BCUT2D eigenvalue weighted by Crippen LogP contribution is 2.37. The second-order valence-electron chi connectivity index (χ2n) is 9.33. The number of alkyl halides is 2. The number of amides is 1. The number of fused-ring (bicyclic) bond motifs is 1. The van der Waals surface area contributed by atoms with E-state index in [-0.39, 0.29) is 35.1 Å². The second-order valence-corrected chi connectivity index (χ2v) is 9.33. The Morgan fingerprint density at radius 3 is 2.69 bits per heavy atom. The van der Waals surface area contributed by atoms with E-state index in [0.29, 0.717) is 29.3 Å². The lowest BCUT2D eigenvalue weighted by atomic mass is 9.87. The second kappa shape index (κ2) is 10.3. The zero-order valence-corrected chi connectivity index (χ0v) is 20.0. The molecule has 2 fully saturated rings. The maximum atomic E-state index is 13.2. The van der Waals surface area contributed by atoms with Crippen LogP contribution in [0.2, 0.25) is 0 Å². The van der Waals surface area contributed by atoms with Crippen LogP contribution >= 0.6 is 0 Å². The van der Waals surface area contributed by atoms with Gasteiger partial charge in [-0.25, -0.2) is 4.98 Å². The van der Waals surface area contributed by atoms with Crippen molar-refractivity contribution >= 4 is 11.6 Å². The van der Waals surface area contributed by atoms with Crippen molar-refractivity contribution in [3.8, 4) is 28.5 Å². The van der Waals surface area contributed by atoms with Gasteiger partial charge in [-0.05, 0) is 43.9 Å². The maximum absolute atomic E-state index is 13.2. The molecule has 1 aromatic carbocycles. The predicted molar refractivity (Wildman–Crippen MR) is 128 cm³/mol. The molecule has 0 bridgehead atoms. The molecule has 2 aromatic heterocycles. The number of carbonyl (C=O) groups excluding carboxylic acids is 1. The molecule has 2 heterocycles. The van der Waals surface area contributed by atoms with Crippen molar-refractivity contribution in [2.45, 2.75) is 57.3 Å². The van der Waals surface area contributed by atoms with Gasteiger partial charge in [-0.2, -0.15) is 8.78 Å². The quantitative estimate of drug-likeness (QED) is 0.451. The van der Waals surface area contributed by atoms with Gasteiger partial charge in [0, 0.05) is 29.8 Å². The molecule has 8 nitrogen and oxygen atoms in total. The van der Waals surface area contributed by atoms with Gasteiger partial charge in [0.15, 0.2) is 0 Å². The standard InChI is InChI=1S/C26H29F2N3O5/c1-34-21-10-16(11-22(36-26(27)28)24(21)25(33)30-17-6-7-17)19-13-29-23-12-18(8-9-31(19)23)35-14-15-4-2-3-5-20(15)32/h8-13,15,17,20,26,32H,2-7,14H2,1H3,(H,30,33)/t15-,20+/m1/s1. The van der Waals surface area contributed by atoms with Crippen LogP contribution < -0.4 is 19.5 Å². The number of aliphatic hydroxyl groups excluding tert-OH is 1. The Balaban J connectivity index is 1.43. The third-order valence-electron chi connectivity index (χ3n) is 6.76. The normalized spacial score (nSPS) is 19.9. The molecule has 0 saturated heterocycles. The minimum absolute atomic E-state index is 0.0397. The molecule has 2 N–H and O–H groups in total. The fourth-order valence-electron chi connectivity index (χ4n) is 4.65. The number of halogens is 2. The monoisotopic (exact) mass is 501 g/mol. The zero-order valence-electron chi connectivity index (χ0n) is 20.0. The van der Waals surface area contributed by atoms with Crippen LogP contribution in [0.15, 0.2) is 36.7 Å². The van der Waals surface area contributed by atoms with Gasteiger partial charge in [-0.15, -0.1) is 0 Å². The van der Waals surface area contributed by atoms with Crippen LogP contribution in [0.25, 0.3) is 16.9 Å². The largest absolute Gasteiger partial charge is 0.496 e. The summed E-state index contributed by atoms with van der Waals surface area (Å²) in [6.07, 6.45) is 8.63. The van der Waals surface area contributed by atoms with E-state index in [4.69, 9.17) is 14.2 Å². The zero-order chi connectivity index (χ0) is 25.2. The molecule has 2 aliphatic rings. The first-order valence-corrected chi connectivity index (χ1v) is 12.2. The van der Waals surface area contributed by atoms with E-state index in [2.05, 4.69) is 10.3 Å². The third kappa shape index (κ3) is 5.23. The molecule has 3 aromatic rings. The van der Waals surface area contributed by atoms with Gasteiger partial charge in [0.25, 0.3) is 5.91 Å². The third-order valence-corrected chi connectivity index (χ3v) is 6.76. The minimum Gasteiger partial charge on any atom is -0.496 e. The molecular formula is C26H29F2N3O5. The number of nitrogens with one attached hydrogen (secondary N) is 1. The molecule has 192 valence electrons. The number of hydrogen-bond donors (Lipinski definition) is 2.